The molecule has 1 fully saturated rings. The Morgan fingerprint density at radius 2 is 2.31 bits per heavy atom. The Labute approximate surface area is 156 Å². The molecule has 2 N–H and O–H groups in total. The van der Waals surface area contributed by atoms with Crippen LogP contribution in [0.3, 0.4) is 0 Å². The van der Waals surface area contributed by atoms with Crippen molar-refractivity contribution in [3.63, 3.8) is 0 Å². The lowest BCUT2D eigenvalue weighted by atomic mass is 9.78. The zero-order valence-corrected chi connectivity index (χ0v) is 15.4. The Balaban J connectivity index is 1.72. The molecule has 1 aromatic rings. The summed E-state index contributed by atoms with van der Waals surface area (Å²) in [6.45, 7) is 3.29. The van der Waals surface area contributed by atoms with E-state index in [0.717, 1.165) is 24.3 Å². The zero-order chi connectivity index (χ0) is 18.3. The Hall–Kier alpha value is -2.30. The van der Waals surface area contributed by atoms with Gasteiger partial charge in [-0.15, -0.1) is 11.3 Å². The molecule has 26 heavy (non-hydrogen) atoms. The van der Waals surface area contributed by atoms with Crippen LogP contribution in [0.4, 0.5) is 0 Å². The van der Waals surface area contributed by atoms with E-state index in [0.29, 0.717) is 17.9 Å². The Morgan fingerprint density at radius 3 is 2.96 bits per heavy atom. The van der Waals surface area contributed by atoms with E-state index in [9.17, 15) is 10.1 Å². The van der Waals surface area contributed by atoms with Crippen molar-refractivity contribution in [1.82, 2.24) is 4.90 Å². The summed E-state index contributed by atoms with van der Waals surface area (Å²) in [6.07, 6.45) is 4.03. The van der Waals surface area contributed by atoms with Crippen molar-refractivity contribution in [3.8, 4) is 6.07 Å². The van der Waals surface area contributed by atoms with E-state index < -0.39 is 11.8 Å². The molecule has 7 heteroatoms. The summed E-state index contributed by atoms with van der Waals surface area (Å²) in [6, 6.07) is 5.92. The highest BCUT2D eigenvalue weighted by Gasteiger charge is 2.47. The standard InChI is InChI=1S/C19H21N3O3S/c1-11-8-14-17(19(23)22(11)10-12-4-2-6-24-12)16(15-5-3-7-26-15)13(9-20)18(21)25-14/h3,5,7-8,11-12,16-17H,2,4,6,10,21H2,1H3. The number of nitrogens with zero attached hydrogens (tertiary/aromatic N) is 2. The minimum Gasteiger partial charge on any atom is -0.444 e. The van der Waals surface area contributed by atoms with Crippen molar-refractivity contribution >= 4 is 17.2 Å². The van der Waals surface area contributed by atoms with Crippen molar-refractivity contribution in [2.75, 3.05) is 13.2 Å². The monoisotopic (exact) mass is 371 g/mol. The molecule has 3 aliphatic heterocycles. The molecule has 0 aliphatic carbocycles. The number of hydrogen-bond acceptors (Lipinski definition) is 6. The van der Waals surface area contributed by atoms with Crippen LogP contribution in [0.1, 0.15) is 30.6 Å². The van der Waals surface area contributed by atoms with Gasteiger partial charge in [-0.2, -0.15) is 5.26 Å². The maximum atomic E-state index is 13.4. The number of hydrogen-bond donors (Lipinski definition) is 1. The summed E-state index contributed by atoms with van der Waals surface area (Å²) in [7, 11) is 0. The third kappa shape index (κ3) is 2.79. The van der Waals surface area contributed by atoms with Crippen LogP contribution in [-0.4, -0.2) is 36.1 Å². The molecule has 4 heterocycles. The molecule has 0 saturated carbocycles. The Kier molecular flexibility index (Phi) is 4.47. The first-order chi connectivity index (χ1) is 12.6. The summed E-state index contributed by atoms with van der Waals surface area (Å²) >= 11 is 1.52. The van der Waals surface area contributed by atoms with Gasteiger partial charge in [-0.3, -0.25) is 4.79 Å². The maximum absolute atomic E-state index is 13.4. The highest BCUT2D eigenvalue weighted by Crippen LogP contribution is 2.46. The van der Waals surface area contributed by atoms with Crippen LogP contribution in [0, 0.1) is 17.2 Å². The van der Waals surface area contributed by atoms with Gasteiger partial charge in [0, 0.05) is 18.0 Å². The van der Waals surface area contributed by atoms with Gasteiger partial charge in [0.15, 0.2) is 0 Å². The number of allylic oxidation sites excluding steroid dienone is 1. The van der Waals surface area contributed by atoms with Crippen LogP contribution in [0.5, 0.6) is 0 Å². The van der Waals surface area contributed by atoms with E-state index in [1.807, 2.05) is 35.4 Å². The summed E-state index contributed by atoms with van der Waals surface area (Å²) in [5.74, 6) is -0.314. The Bertz CT molecular complexity index is 802. The summed E-state index contributed by atoms with van der Waals surface area (Å²) in [5.41, 5.74) is 6.33. The number of thiophene rings is 1. The number of ether oxygens (including phenoxy) is 2. The van der Waals surface area contributed by atoms with Crippen LogP contribution in [-0.2, 0) is 14.3 Å². The molecule has 1 aromatic heterocycles. The number of fused-ring (bicyclic) bond motifs is 1. The highest BCUT2D eigenvalue weighted by molar-refractivity contribution is 7.10. The Morgan fingerprint density at radius 1 is 1.46 bits per heavy atom. The van der Waals surface area contributed by atoms with Gasteiger partial charge in [-0.1, -0.05) is 6.07 Å². The van der Waals surface area contributed by atoms with Crippen LogP contribution >= 0.6 is 11.3 Å². The van der Waals surface area contributed by atoms with E-state index in [4.69, 9.17) is 15.2 Å². The molecule has 4 unspecified atom stereocenters. The van der Waals surface area contributed by atoms with Gasteiger partial charge in [0.25, 0.3) is 0 Å². The predicted molar refractivity (Wildman–Crippen MR) is 96.7 cm³/mol. The SMILES string of the molecule is CC1C=C2OC(N)=C(C#N)C(c3cccs3)C2C(=O)N1CC1CCCO1. The second-order valence-electron chi connectivity index (χ2n) is 6.90. The van der Waals surface area contributed by atoms with Crippen molar-refractivity contribution in [2.45, 2.75) is 37.8 Å². The number of nitrogens with two attached hydrogens (primary N) is 1. The number of amides is 1. The fourth-order valence-electron chi connectivity index (χ4n) is 4.00. The molecule has 0 bridgehead atoms. The van der Waals surface area contributed by atoms with Crippen LogP contribution < -0.4 is 5.73 Å². The van der Waals surface area contributed by atoms with Crippen LogP contribution in [0.2, 0.25) is 0 Å². The lowest BCUT2D eigenvalue weighted by Crippen LogP contribution is -2.51. The summed E-state index contributed by atoms with van der Waals surface area (Å²) < 4.78 is 11.4. The van der Waals surface area contributed by atoms with Gasteiger partial charge in [0.05, 0.1) is 23.6 Å². The average Bonchev–Trinajstić information content (AvgIpc) is 3.31. The smallest absolute Gasteiger partial charge is 0.234 e. The second-order valence-corrected chi connectivity index (χ2v) is 7.88. The van der Waals surface area contributed by atoms with E-state index in [1.165, 1.54) is 11.3 Å². The lowest BCUT2D eigenvalue weighted by Gasteiger charge is -2.42. The number of carbonyl (C=O) groups is 1. The zero-order valence-electron chi connectivity index (χ0n) is 14.6. The minimum absolute atomic E-state index is 0.0239. The van der Waals surface area contributed by atoms with Crippen molar-refractivity contribution in [2.24, 2.45) is 11.7 Å². The molecule has 4 rings (SSSR count). The number of nitriles is 1. The molecule has 0 aromatic carbocycles. The molecule has 1 saturated heterocycles. The van der Waals surface area contributed by atoms with Crippen molar-refractivity contribution < 1.29 is 14.3 Å². The molecule has 4 atom stereocenters. The van der Waals surface area contributed by atoms with Crippen LogP contribution in [0.15, 0.2) is 40.8 Å². The molecule has 136 valence electrons. The maximum Gasteiger partial charge on any atom is 0.234 e. The van der Waals surface area contributed by atoms with Gasteiger partial charge >= 0.3 is 0 Å². The third-order valence-electron chi connectivity index (χ3n) is 5.28. The normalized spacial score (nSPS) is 31.3. The largest absolute Gasteiger partial charge is 0.444 e. The van der Waals surface area contributed by atoms with Gasteiger partial charge in [0.2, 0.25) is 11.8 Å². The van der Waals surface area contributed by atoms with E-state index in [1.54, 1.807) is 0 Å². The van der Waals surface area contributed by atoms with E-state index >= 15 is 0 Å². The molecule has 1 amide bonds. The highest BCUT2D eigenvalue weighted by atomic mass is 32.1. The van der Waals surface area contributed by atoms with Gasteiger partial charge in [0.1, 0.15) is 17.7 Å². The van der Waals surface area contributed by atoms with E-state index in [-0.39, 0.29) is 23.9 Å². The fraction of sp³-hybridized carbons (Fsp3) is 0.474. The van der Waals surface area contributed by atoms with Gasteiger partial charge in [-0.05, 0) is 37.3 Å². The first-order valence-corrected chi connectivity index (χ1v) is 9.73. The first kappa shape index (κ1) is 17.1. The van der Waals surface area contributed by atoms with Crippen LogP contribution in [0.25, 0.3) is 0 Å². The van der Waals surface area contributed by atoms with Gasteiger partial charge < -0.3 is 20.1 Å². The van der Waals surface area contributed by atoms with Crippen molar-refractivity contribution in [1.29, 1.82) is 5.26 Å². The number of carbonyl (C=O) groups excluding carboxylic acids is 1. The van der Waals surface area contributed by atoms with Gasteiger partial charge in [-0.25, -0.2) is 0 Å². The van der Waals surface area contributed by atoms with E-state index in [2.05, 4.69) is 6.07 Å². The fourth-order valence-corrected chi connectivity index (χ4v) is 4.87. The van der Waals surface area contributed by atoms with Crippen molar-refractivity contribution in [3.05, 3.63) is 45.7 Å². The molecular weight excluding hydrogens is 350 g/mol. The first-order valence-electron chi connectivity index (χ1n) is 8.85. The third-order valence-corrected chi connectivity index (χ3v) is 6.24. The topological polar surface area (TPSA) is 88.6 Å². The quantitative estimate of drug-likeness (QED) is 0.882. The lowest BCUT2D eigenvalue weighted by molar-refractivity contribution is -0.140. The predicted octanol–water partition coefficient (Wildman–Crippen LogP) is 2.47. The number of rotatable bonds is 3. The average molecular weight is 371 g/mol. The molecular formula is C19H21N3O3S. The molecule has 3 aliphatic rings. The molecule has 0 spiro atoms. The second kappa shape index (κ2) is 6.78. The summed E-state index contributed by atoms with van der Waals surface area (Å²) in [4.78, 5) is 16.2. The molecule has 6 nitrogen and oxygen atoms in total. The molecule has 0 radical (unpaired) electrons. The summed E-state index contributed by atoms with van der Waals surface area (Å²) in [5, 5.41) is 11.6. The minimum atomic E-state index is -0.548.